The molecule has 0 bridgehead atoms. The van der Waals surface area contributed by atoms with Gasteiger partial charge in [-0.2, -0.15) is 0 Å². The summed E-state index contributed by atoms with van der Waals surface area (Å²) < 4.78 is 1.60. The van der Waals surface area contributed by atoms with Gasteiger partial charge in [0.2, 0.25) is 0 Å². The fourth-order valence-electron chi connectivity index (χ4n) is 1.10. The van der Waals surface area contributed by atoms with E-state index in [1.807, 2.05) is 0 Å². The van der Waals surface area contributed by atoms with Crippen LogP contribution in [0.4, 0.5) is 0 Å². The van der Waals surface area contributed by atoms with Gasteiger partial charge in [0.05, 0.1) is 0 Å². The van der Waals surface area contributed by atoms with Gasteiger partial charge in [-0.1, -0.05) is 0 Å². The quantitative estimate of drug-likeness (QED) is 0.731. The Morgan fingerprint density at radius 3 is 2.43 bits per heavy atom. The maximum absolute atomic E-state index is 2.48. The van der Waals surface area contributed by atoms with Crippen LogP contribution in [-0.2, 0) is 0 Å². The summed E-state index contributed by atoms with van der Waals surface area (Å²) in [5.41, 5.74) is 1.43. The third-order valence-electron chi connectivity index (χ3n) is 1.72. The van der Waals surface area contributed by atoms with Crippen LogP contribution in [0.2, 0.25) is 10.6 Å². The van der Waals surface area contributed by atoms with Crippen LogP contribution in [0.15, 0.2) is 35.3 Å². The van der Waals surface area contributed by atoms with Gasteiger partial charge in [-0.05, 0) is 0 Å². The summed E-state index contributed by atoms with van der Waals surface area (Å²) in [5, 5.41) is 2.61. The van der Waals surface area contributed by atoms with Crippen molar-refractivity contribution < 1.29 is 0 Å². The van der Waals surface area contributed by atoms with E-state index in [4.69, 9.17) is 0 Å². The third-order valence-corrected chi connectivity index (χ3v) is 6.02. The van der Waals surface area contributed by atoms with E-state index in [-0.39, 0.29) is 0 Å². The summed E-state index contributed by atoms with van der Waals surface area (Å²) in [6.45, 7) is 4.54. The molecular weight excluding hydrogens is 302 g/mol. The second kappa shape index (κ2) is 7.31. The number of benzene rings is 1. The molecule has 2 heteroatoms. The van der Waals surface area contributed by atoms with Crippen molar-refractivity contribution in [3.8, 4) is 0 Å². The molecule has 0 radical (unpaired) electrons. The normalized spacial score (nSPS) is 11.7. The van der Waals surface area contributed by atoms with Gasteiger partial charge >= 0.3 is 99.7 Å². The van der Waals surface area contributed by atoms with E-state index in [0.717, 1.165) is 0 Å². The van der Waals surface area contributed by atoms with Gasteiger partial charge in [0, 0.05) is 0 Å². The van der Waals surface area contributed by atoms with Crippen LogP contribution in [0.5, 0.6) is 0 Å². The standard InChI is InChI=1S/C12H16Se2/c1-3-13-10-12(14-4-2)11-8-6-5-7-9-11/h5-10H,3-4H2,1-2H3. The van der Waals surface area contributed by atoms with Gasteiger partial charge in [0.1, 0.15) is 0 Å². The molecule has 14 heavy (non-hydrogen) atoms. The van der Waals surface area contributed by atoms with Gasteiger partial charge in [-0.3, -0.25) is 0 Å². The van der Waals surface area contributed by atoms with E-state index in [1.165, 1.54) is 16.2 Å². The summed E-state index contributed by atoms with van der Waals surface area (Å²) >= 11 is 1.36. The molecule has 0 fully saturated rings. The molecule has 1 rings (SSSR count). The number of hydrogen-bond acceptors (Lipinski definition) is 0. The molecule has 0 spiro atoms. The first-order chi connectivity index (χ1) is 6.88. The summed E-state index contributed by atoms with van der Waals surface area (Å²) in [6, 6.07) is 10.8. The molecule has 0 atom stereocenters. The van der Waals surface area contributed by atoms with Gasteiger partial charge in [-0.25, -0.2) is 0 Å². The van der Waals surface area contributed by atoms with Crippen LogP contribution >= 0.6 is 0 Å². The molecule has 0 saturated carbocycles. The predicted molar refractivity (Wildman–Crippen MR) is 66.9 cm³/mol. The monoisotopic (exact) mass is 320 g/mol. The van der Waals surface area contributed by atoms with Crippen molar-refractivity contribution in [2.75, 3.05) is 0 Å². The van der Waals surface area contributed by atoms with Crippen LogP contribution < -0.4 is 0 Å². The third kappa shape index (κ3) is 4.02. The maximum atomic E-state index is 2.48. The Kier molecular flexibility index (Phi) is 6.30. The molecule has 0 saturated heterocycles. The predicted octanol–water partition coefficient (Wildman–Crippen LogP) is 3.27. The first-order valence-electron chi connectivity index (χ1n) is 4.88. The molecule has 0 amide bonds. The molecule has 76 valence electrons. The first kappa shape index (κ1) is 12.1. The molecule has 0 aliphatic heterocycles. The molecule has 0 aliphatic carbocycles. The van der Waals surface area contributed by atoms with Gasteiger partial charge < -0.3 is 0 Å². The van der Waals surface area contributed by atoms with Crippen LogP contribution in [0.3, 0.4) is 0 Å². The minimum atomic E-state index is 0.665. The van der Waals surface area contributed by atoms with E-state index in [1.54, 1.807) is 4.47 Å². The Labute approximate surface area is 99.5 Å². The summed E-state index contributed by atoms with van der Waals surface area (Å²) in [7, 11) is 0. The van der Waals surface area contributed by atoms with E-state index in [2.05, 4.69) is 49.2 Å². The fourth-order valence-corrected chi connectivity index (χ4v) is 4.97. The molecule has 0 N–H and O–H groups in total. The van der Waals surface area contributed by atoms with E-state index in [0.29, 0.717) is 29.9 Å². The van der Waals surface area contributed by atoms with Crippen molar-refractivity contribution >= 4 is 34.4 Å². The molecule has 1 aromatic carbocycles. The topological polar surface area (TPSA) is 0 Å². The van der Waals surface area contributed by atoms with E-state index < -0.39 is 0 Å². The average molecular weight is 318 g/mol. The fraction of sp³-hybridized carbons (Fsp3) is 0.333. The average Bonchev–Trinajstić information content (AvgIpc) is 2.25. The molecule has 0 aromatic heterocycles. The van der Waals surface area contributed by atoms with Crippen LogP contribution in [0, 0.1) is 0 Å². The van der Waals surface area contributed by atoms with Gasteiger partial charge in [-0.15, -0.1) is 0 Å². The summed E-state index contributed by atoms with van der Waals surface area (Å²) in [6.07, 6.45) is 0. The van der Waals surface area contributed by atoms with Crippen LogP contribution in [0.25, 0.3) is 4.47 Å². The zero-order valence-electron chi connectivity index (χ0n) is 8.69. The van der Waals surface area contributed by atoms with Crippen LogP contribution in [0.1, 0.15) is 19.4 Å². The van der Waals surface area contributed by atoms with E-state index >= 15 is 0 Å². The van der Waals surface area contributed by atoms with Gasteiger partial charge in [0.15, 0.2) is 0 Å². The van der Waals surface area contributed by atoms with Crippen molar-refractivity contribution in [1.82, 2.24) is 0 Å². The molecular formula is C12H16Se2. The number of rotatable bonds is 5. The Morgan fingerprint density at radius 2 is 1.86 bits per heavy atom. The molecule has 0 heterocycles. The van der Waals surface area contributed by atoms with Crippen molar-refractivity contribution in [1.29, 1.82) is 0 Å². The number of hydrogen-bond donors (Lipinski definition) is 0. The second-order valence-corrected chi connectivity index (χ2v) is 7.88. The minimum absolute atomic E-state index is 0.665. The summed E-state index contributed by atoms with van der Waals surface area (Å²) in [4.78, 5) is 2.48. The Balaban J connectivity index is 2.77. The van der Waals surface area contributed by atoms with Crippen molar-refractivity contribution in [2.45, 2.75) is 24.5 Å². The van der Waals surface area contributed by atoms with Gasteiger partial charge in [0.25, 0.3) is 0 Å². The summed E-state index contributed by atoms with van der Waals surface area (Å²) in [5.74, 6) is 0. The molecule has 0 aliphatic rings. The molecule has 0 nitrogen and oxygen atoms in total. The Morgan fingerprint density at radius 1 is 1.14 bits per heavy atom. The second-order valence-electron chi connectivity index (χ2n) is 2.74. The van der Waals surface area contributed by atoms with Crippen molar-refractivity contribution in [3.63, 3.8) is 0 Å². The SMILES string of the molecule is CC[Se]C=C([Se]CC)c1ccccc1. The van der Waals surface area contributed by atoms with Crippen molar-refractivity contribution in [2.24, 2.45) is 0 Å². The first-order valence-corrected chi connectivity index (χ1v) is 9.15. The zero-order valence-corrected chi connectivity index (χ0v) is 12.1. The Bertz CT molecular complexity index is 278. The molecule has 1 aromatic rings. The van der Waals surface area contributed by atoms with E-state index in [9.17, 15) is 0 Å². The zero-order chi connectivity index (χ0) is 10.2. The van der Waals surface area contributed by atoms with Crippen molar-refractivity contribution in [3.05, 3.63) is 40.9 Å². The molecule has 0 unspecified atom stereocenters. The van der Waals surface area contributed by atoms with Crippen LogP contribution in [-0.4, -0.2) is 29.9 Å². The Hall–Kier alpha value is -0.00104.